The summed E-state index contributed by atoms with van der Waals surface area (Å²) in [4.78, 5) is 84.7. The molecule has 0 aromatic heterocycles. The molecule has 3 amide bonds. The molecule has 2 saturated heterocycles. The standard InChI is InChI=1S/C23H35NO4.C19H25N3O3.C11H11N.C6H12O.C5H10O3.C2H3F3O.C2HF3O.CH4.H3N/c1-16(13-14-25)22(26)15-19(12-11-17(2)28-3)23(27)24-21-10-6-8-18-7-4-5-9-20(18)21;20-14-10-11-25-17-9-8-16(22(17)19(14)24)18(23)21-15-7-3-5-12-4-1-2-6-13(12)15;1-12-11-8-4-6-9-5-2-3-7-10(9)11;1-6(2)4-3-5-7;1-4(2-3-6)5(7)8;2*3-2(4,5)1-6;;/h4-5,7,9,16-17,19,21,25H,6,8,10-15H2,1-3H3,(H,24,27);1-2,4,6,14-17H,3,5,7-11,20H2,(H,21,23);2-3,5,7,11H,4,6,8H2;5-6H,3-4H2,1-2H3;4,6H,2-3H2,1H3,(H,7,8);6H,1H2;1H;1H4;1H3/t16-,17?,19?,21+;14-,15+,16?,17-;11-;;4-;;;;/m001.0..../s1. The van der Waals surface area contributed by atoms with Gasteiger partial charge in [0.1, 0.15) is 30.9 Å². The number of aldehydes is 2. The van der Waals surface area contributed by atoms with Crippen LogP contribution >= 0.6 is 0 Å². The smallest absolute Gasteiger partial charge is 0.446 e. The minimum atomic E-state index is -4.64. The number of aliphatic hydroxyl groups excluding tert-OH is 3. The first-order chi connectivity index (χ1) is 43.6. The highest BCUT2D eigenvalue weighted by molar-refractivity contribution is 5.91. The van der Waals surface area contributed by atoms with Gasteiger partial charge in [-0.15, -0.1) is 0 Å². The zero-order chi connectivity index (χ0) is 69.0. The maximum absolute atomic E-state index is 13.1. The number of fused-ring (bicyclic) bond motifs is 4. The first-order valence-electron chi connectivity index (χ1n) is 31.6. The highest BCUT2D eigenvalue weighted by Crippen LogP contribution is 2.35. The number of nitrogens with zero attached hydrogens (tertiary/aromatic N) is 2. The number of carboxylic acids is 1. The number of hydrogen-bond acceptors (Lipinski definition) is 14. The van der Waals surface area contributed by atoms with Crippen molar-refractivity contribution >= 4 is 42.0 Å². The van der Waals surface area contributed by atoms with Crippen molar-refractivity contribution in [2.75, 3.05) is 33.5 Å². The summed E-state index contributed by atoms with van der Waals surface area (Å²) in [6.45, 7) is 15.3. The number of aliphatic hydroxyl groups is 3. The number of amides is 3. The van der Waals surface area contributed by atoms with Crippen LogP contribution in [0, 0.1) is 30.2 Å². The quantitative estimate of drug-likeness (QED) is 0.0314. The van der Waals surface area contributed by atoms with Crippen LogP contribution in [0.1, 0.15) is 196 Å². The number of alkyl halides is 6. The molecule has 530 valence electrons. The van der Waals surface area contributed by atoms with E-state index < -0.39 is 49.2 Å². The van der Waals surface area contributed by atoms with Gasteiger partial charge in [0.05, 0.1) is 36.8 Å². The van der Waals surface area contributed by atoms with Gasteiger partial charge >= 0.3 is 18.3 Å². The summed E-state index contributed by atoms with van der Waals surface area (Å²) in [6, 6.07) is 24.0. The molecule has 5 aliphatic rings. The van der Waals surface area contributed by atoms with Gasteiger partial charge in [-0.1, -0.05) is 108 Å². The molecule has 10 atom stereocenters. The van der Waals surface area contributed by atoms with Crippen molar-refractivity contribution in [2.24, 2.45) is 29.4 Å². The molecule has 11 N–H and O–H groups in total. The van der Waals surface area contributed by atoms with Crippen LogP contribution < -0.4 is 22.5 Å². The number of carbonyl (C=O) groups is 7. The van der Waals surface area contributed by atoms with Crippen LogP contribution in [0.25, 0.3) is 4.85 Å². The Morgan fingerprint density at radius 1 is 0.723 bits per heavy atom. The Morgan fingerprint density at radius 3 is 1.64 bits per heavy atom. The van der Waals surface area contributed by atoms with E-state index in [4.69, 9.17) is 47.0 Å². The fourth-order valence-electron chi connectivity index (χ4n) is 10.8. The third kappa shape index (κ3) is 32.7. The normalized spacial score (nSPS) is 20.3. The van der Waals surface area contributed by atoms with Crippen LogP contribution in [0.4, 0.5) is 26.3 Å². The van der Waals surface area contributed by atoms with Crippen molar-refractivity contribution in [1.82, 2.24) is 21.7 Å². The van der Waals surface area contributed by atoms with Crippen molar-refractivity contribution < 1.29 is 89.8 Å². The summed E-state index contributed by atoms with van der Waals surface area (Å²) in [5, 5.41) is 39.2. The summed E-state index contributed by atoms with van der Waals surface area (Å²) < 4.78 is 73.9. The number of carbonyl (C=O) groups excluding carboxylic acids is 6. The molecule has 3 aromatic carbocycles. The molecule has 94 heavy (non-hydrogen) atoms. The Bertz CT molecular complexity index is 2750. The lowest BCUT2D eigenvalue weighted by atomic mass is 9.86. The van der Waals surface area contributed by atoms with E-state index in [-0.39, 0.29) is 99.0 Å². The summed E-state index contributed by atoms with van der Waals surface area (Å²) in [5.41, 5.74) is 13.6. The first-order valence-corrected chi connectivity index (χ1v) is 31.6. The lowest BCUT2D eigenvalue weighted by Gasteiger charge is -2.31. The van der Waals surface area contributed by atoms with Gasteiger partial charge in [-0.3, -0.25) is 28.8 Å². The molecule has 3 aliphatic carbocycles. The second-order valence-electron chi connectivity index (χ2n) is 23.8. The summed E-state index contributed by atoms with van der Waals surface area (Å²) >= 11 is 0. The number of nitrogens with one attached hydrogen (secondary N) is 2. The summed E-state index contributed by atoms with van der Waals surface area (Å²) in [5.74, 6) is -1.43. The van der Waals surface area contributed by atoms with Crippen LogP contribution in [-0.4, -0.2) is 138 Å². The number of aliphatic carboxylic acids is 1. The van der Waals surface area contributed by atoms with Gasteiger partial charge in [0, 0.05) is 57.0 Å². The van der Waals surface area contributed by atoms with Crippen LogP contribution in [0.5, 0.6) is 0 Å². The molecule has 2 aliphatic heterocycles. The number of aryl methyl sites for hydroxylation is 3. The van der Waals surface area contributed by atoms with Crippen molar-refractivity contribution in [1.29, 1.82) is 0 Å². The van der Waals surface area contributed by atoms with E-state index in [1.807, 2.05) is 44.2 Å². The van der Waals surface area contributed by atoms with Gasteiger partial charge in [0.25, 0.3) is 0 Å². The SMILES string of the molecule is C.CC(C)CCC=O.COC(C)CCC(CC(=O)[C@@H](C)CCO)C(=O)N[C@@H]1CCCc2ccccc21.C[C@@H](CCO)C(=O)O.N.N[C@H]1CCO[C@H]2CCC(C(=O)N[C@@H]3CCCc4ccccc43)N2C1=O.O=CC(F)(F)F.OCC(F)(F)F.[C-]#[N+][C@@H]1CCCc2ccccc21. The molecule has 3 aromatic rings. The number of rotatable bonds is 19. The maximum atomic E-state index is 13.1. The topological polar surface area (TPSA) is 312 Å². The van der Waals surface area contributed by atoms with Gasteiger partial charge in [-0.25, -0.2) is 6.57 Å². The average molecular weight is 1340 g/mol. The van der Waals surface area contributed by atoms with E-state index >= 15 is 0 Å². The Kier molecular flexibility index (Phi) is 43.2. The van der Waals surface area contributed by atoms with Crippen LogP contribution in [0.2, 0.25) is 0 Å². The zero-order valence-electron chi connectivity index (χ0n) is 54.6. The number of methoxy groups -OCH3 is 1. The lowest BCUT2D eigenvalue weighted by Crippen LogP contribution is -2.53. The van der Waals surface area contributed by atoms with E-state index in [0.717, 1.165) is 76.9 Å². The average Bonchev–Trinajstić information content (AvgIpc) is 1.58. The molecule has 0 spiro atoms. The molecule has 2 fully saturated rings. The van der Waals surface area contributed by atoms with E-state index in [1.165, 1.54) is 39.8 Å². The molecule has 0 radical (unpaired) electrons. The van der Waals surface area contributed by atoms with Gasteiger partial charge in [-0.2, -0.15) is 26.3 Å². The number of nitrogens with two attached hydrogens (primary N) is 1. The molecule has 0 bridgehead atoms. The number of halogens is 6. The Balaban J connectivity index is 0.00000118. The first kappa shape index (κ1) is 87.3. The molecular weight excluding hydrogens is 1230 g/mol. The molecule has 8 rings (SSSR count). The predicted octanol–water partition coefficient (Wildman–Crippen LogP) is 11.6. The van der Waals surface area contributed by atoms with Gasteiger partial charge < -0.3 is 67.0 Å². The van der Waals surface area contributed by atoms with Gasteiger partial charge in [0.2, 0.25) is 30.0 Å². The summed E-state index contributed by atoms with van der Waals surface area (Å²) in [7, 11) is 1.66. The molecule has 19 nitrogen and oxygen atoms in total. The third-order valence-electron chi connectivity index (χ3n) is 16.2. The van der Waals surface area contributed by atoms with Gasteiger partial charge in [0.15, 0.2) is 0 Å². The highest BCUT2D eigenvalue weighted by atomic mass is 19.4. The highest BCUT2D eigenvalue weighted by Gasteiger charge is 2.45. The van der Waals surface area contributed by atoms with E-state index in [9.17, 15) is 55.1 Å². The second-order valence-corrected chi connectivity index (χ2v) is 23.8. The maximum Gasteiger partial charge on any atom is 0.446 e. The molecule has 2 heterocycles. The fraction of sp³-hybridized carbons (Fsp3) is 0.623. The molecular formula is C69H104F6N6O13. The minimum absolute atomic E-state index is 0. The van der Waals surface area contributed by atoms with Crippen molar-refractivity contribution in [3.05, 3.63) is 118 Å². The Morgan fingerprint density at radius 2 is 1.20 bits per heavy atom. The predicted molar refractivity (Wildman–Crippen MR) is 347 cm³/mol. The number of ketones is 1. The largest absolute Gasteiger partial charge is 0.481 e. The van der Waals surface area contributed by atoms with Gasteiger partial charge in [-0.05, 0) is 143 Å². The minimum Gasteiger partial charge on any atom is -0.481 e. The van der Waals surface area contributed by atoms with Crippen LogP contribution in [0.15, 0.2) is 72.8 Å². The number of carboxylic acid groups (broad SMARTS) is 1. The lowest BCUT2D eigenvalue weighted by molar-refractivity contribution is -0.159. The van der Waals surface area contributed by atoms with Crippen LogP contribution in [0.3, 0.4) is 0 Å². The summed E-state index contributed by atoms with van der Waals surface area (Å²) in [6.07, 6.45) is 6.00. The van der Waals surface area contributed by atoms with Crippen molar-refractivity contribution in [3.63, 3.8) is 0 Å². The van der Waals surface area contributed by atoms with E-state index in [0.29, 0.717) is 51.0 Å². The van der Waals surface area contributed by atoms with Crippen LogP contribution in [-0.2, 0) is 62.3 Å². The second kappa shape index (κ2) is 46.5. The molecule has 3 unspecified atom stereocenters. The van der Waals surface area contributed by atoms with E-state index in [2.05, 4.69) is 71.8 Å². The monoisotopic (exact) mass is 1340 g/mol. The Hall–Kier alpha value is -6.66. The molecule has 25 heteroatoms. The Labute approximate surface area is 551 Å². The molecule has 0 saturated carbocycles. The number of benzene rings is 3. The van der Waals surface area contributed by atoms with Crippen molar-refractivity contribution in [3.8, 4) is 0 Å². The fourth-order valence-corrected chi connectivity index (χ4v) is 10.8. The zero-order valence-corrected chi connectivity index (χ0v) is 54.6. The van der Waals surface area contributed by atoms with E-state index in [1.54, 1.807) is 18.9 Å². The number of Topliss-reactive ketones (excluding diaryl/α,β-unsaturated/α-hetero) is 1. The van der Waals surface area contributed by atoms with Crippen molar-refractivity contribution in [2.45, 2.75) is 219 Å². The third-order valence-corrected chi connectivity index (χ3v) is 16.2. The number of ether oxygens (including phenoxy) is 2. The number of hydrogen-bond donors (Lipinski definition) is 8.